The molecule has 1 aliphatic rings. The zero-order chi connectivity index (χ0) is 15.3. The van der Waals surface area contributed by atoms with Gasteiger partial charge < -0.3 is 15.0 Å². The summed E-state index contributed by atoms with van der Waals surface area (Å²) >= 11 is 0. The number of ether oxygens (including phenoxy) is 1. The normalized spacial score (nSPS) is 21.6. The summed E-state index contributed by atoms with van der Waals surface area (Å²) in [7, 11) is 1.58. The van der Waals surface area contributed by atoms with Crippen molar-refractivity contribution in [1.82, 2.24) is 15.2 Å². The van der Waals surface area contributed by atoms with Crippen LogP contribution in [0.4, 0.5) is 0 Å². The van der Waals surface area contributed by atoms with Crippen LogP contribution in [0.25, 0.3) is 0 Å². The molecule has 1 aliphatic heterocycles. The Labute approximate surface area is 124 Å². The van der Waals surface area contributed by atoms with Crippen LogP contribution in [0, 0.1) is 0 Å². The van der Waals surface area contributed by atoms with E-state index in [1.165, 1.54) is 0 Å². The van der Waals surface area contributed by atoms with E-state index in [2.05, 4.69) is 10.3 Å². The fraction of sp³-hybridized carbons (Fsp3) is 0.533. The zero-order valence-electron chi connectivity index (χ0n) is 12.5. The summed E-state index contributed by atoms with van der Waals surface area (Å²) in [6.45, 7) is 3.12. The summed E-state index contributed by atoms with van der Waals surface area (Å²) < 4.78 is 4.93. The molecule has 2 heterocycles. The lowest BCUT2D eigenvalue weighted by molar-refractivity contribution is -0.141. The SMILES string of the molecule is COCCNC(=O)[C@]1(C)CCC(=O)N1Cc1cccnc1. The molecule has 0 radical (unpaired) electrons. The van der Waals surface area contributed by atoms with E-state index < -0.39 is 5.54 Å². The molecule has 0 unspecified atom stereocenters. The van der Waals surface area contributed by atoms with Gasteiger partial charge >= 0.3 is 0 Å². The second-order valence-electron chi connectivity index (χ2n) is 5.36. The Morgan fingerprint density at radius 1 is 1.57 bits per heavy atom. The van der Waals surface area contributed by atoms with Crippen LogP contribution in [0.5, 0.6) is 0 Å². The summed E-state index contributed by atoms with van der Waals surface area (Å²) in [5, 5.41) is 2.83. The fourth-order valence-electron chi connectivity index (χ4n) is 2.53. The highest BCUT2D eigenvalue weighted by molar-refractivity contribution is 5.94. The van der Waals surface area contributed by atoms with Crippen LogP contribution in [0.15, 0.2) is 24.5 Å². The molecule has 1 aromatic heterocycles. The predicted octanol–water partition coefficient (Wildman–Crippen LogP) is 0.725. The number of hydrogen-bond donors (Lipinski definition) is 1. The molecular formula is C15H21N3O3. The van der Waals surface area contributed by atoms with Crippen molar-refractivity contribution in [2.45, 2.75) is 31.8 Å². The second-order valence-corrected chi connectivity index (χ2v) is 5.36. The Balaban J connectivity index is 2.09. The molecular weight excluding hydrogens is 270 g/mol. The standard InChI is InChI=1S/C15H21N3O3/c1-15(14(20)17-8-9-21-2)6-5-13(19)18(15)11-12-4-3-7-16-10-12/h3-4,7,10H,5-6,8-9,11H2,1-2H3,(H,17,20)/t15-/m0/s1. The fourth-order valence-corrected chi connectivity index (χ4v) is 2.53. The number of methoxy groups -OCH3 is 1. The van der Waals surface area contributed by atoms with Crippen molar-refractivity contribution in [2.24, 2.45) is 0 Å². The van der Waals surface area contributed by atoms with Gasteiger partial charge in [-0.05, 0) is 25.0 Å². The van der Waals surface area contributed by atoms with E-state index in [1.807, 2.05) is 19.1 Å². The minimum absolute atomic E-state index is 0.00300. The predicted molar refractivity (Wildman–Crippen MR) is 77.3 cm³/mol. The molecule has 1 N–H and O–H groups in total. The third-order valence-corrected chi connectivity index (χ3v) is 3.87. The molecule has 2 amide bonds. The molecule has 2 rings (SSSR count). The highest BCUT2D eigenvalue weighted by atomic mass is 16.5. The molecule has 0 aromatic carbocycles. The van der Waals surface area contributed by atoms with E-state index in [9.17, 15) is 9.59 Å². The molecule has 1 fully saturated rings. The van der Waals surface area contributed by atoms with Crippen molar-refractivity contribution in [3.63, 3.8) is 0 Å². The van der Waals surface area contributed by atoms with Gasteiger partial charge in [-0.3, -0.25) is 14.6 Å². The number of hydrogen-bond acceptors (Lipinski definition) is 4. The number of carbonyl (C=O) groups is 2. The molecule has 1 saturated heterocycles. The number of likely N-dealkylation sites (tertiary alicyclic amines) is 1. The highest BCUT2D eigenvalue weighted by Crippen LogP contribution is 2.31. The molecule has 6 heteroatoms. The summed E-state index contributed by atoms with van der Waals surface area (Å²) in [5.41, 5.74) is 0.115. The second kappa shape index (κ2) is 6.67. The van der Waals surface area contributed by atoms with Crippen LogP contribution in [0.2, 0.25) is 0 Å². The Hall–Kier alpha value is -1.95. The van der Waals surface area contributed by atoms with Gasteiger partial charge in [-0.15, -0.1) is 0 Å². The van der Waals surface area contributed by atoms with E-state index in [4.69, 9.17) is 4.74 Å². The van der Waals surface area contributed by atoms with Gasteiger partial charge in [-0.1, -0.05) is 6.07 Å². The number of amides is 2. The largest absolute Gasteiger partial charge is 0.383 e. The number of rotatable bonds is 6. The van der Waals surface area contributed by atoms with E-state index in [-0.39, 0.29) is 11.8 Å². The van der Waals surface area contributed by atoms with Gasteiger partial charge in [-0.2, -0.15) is 0 Å². The first-order valence-corrected chi connectivity index (χ1v) is 7.04. The lowest BCUT2D eigenvalue weighted by atomic mass is 9.97. The average Bonchev–Trinajstić information content (AvgIpc) is 2.78. The van der Waals surface area contributed by atoms with E-state index >= 15 is 0 Å². The van der Waals surface area contributed by atoms with E-state index in [1.54, 1.807) is 24.4 Å². The number of pyridine rings is 1. The van der Waals surface area contributed by atoms with E-state index in [0.29, 0.717) is 32.5 Å². The lowest BCUT2D eigenvalue weighted by Gasteiger charge is -2.34. The maximum Gasteiger partial charge on any atom is 0.245 e. The number of aromatic nitrogens is 1. The molecule has 1 aromatic rings. The third kappa shape index (κ3) is 3.39. The number of nitrogens with one attached hydrogen (secondary N) is 1. The zero-order valence-corrected chi connectivity index (χ0v) is 12.5. The first-order chi connectivity index (χ1) is 10.1. The van der Waals surface area contributed by atoms with E-state index in [0.717, 1.165) is 5.56 Å². The molecule has 114 valence electrons. The smallest absolute Gasteiger partial charge is 0.245 e. The van der Waals surface area contributed by atoms with Gasteiger partial charge in [0.25, 0.3) is 0 Å². The topological polar surface area (TPSA) is 71.5 Å². The molecule has 6 nitrogen and oxygen atoms in total. The van der Waals surface area contributed by atoms with Gasteiger partial charge in [-0.25, -0.2) is 0 Å². The van der Waals surface area contributed by atoms with Crippen LogP contribution in [-0.2, 0) is 20.9 Å². The van der Waals surface area contributed by atoms with Crippen molar-refractivity contribution in [3.8, 4) is 0 Å². The summed E-state index contributed by atoms with van der Waals surface area (Å²) in [5.74, 6) is -0.127. The maximum atomic E-state index is 12.4. The number of carbonyl (C=O) groups excluding carboxylic acids is 2. The summed E-state index contributed by atoms with van der Waals surface area (Å²) in [6.07, 6.45) is 4.33. The van der Waals surface area contributed by atoms with Crippen LogP contribution in [0.3, 0.4) is 0 Å². The quantitative estimate of drug-likeness (QED) is 0.784. The van der Waals surface area contributed by atoms with Gasteiger partial charge in [0.15, 0.2) is 0 Å². The average molecular weight is 291 g/mol. The molecule has 0 aliphatic carbocycles. The first kappa shape index (κ1) is 15.4. The molecule has 21 heavy (non-hydrogen) atoms. The van der Waals surface area contributed by atoms with Crippen molar-refractivity contribution < 1.29 is 14.3 Å². The van der Waals surface area contributed by atoms with Crippen molar-refractivity contribution in [1.29, 1.82) is 0 Å². The van der Waals surface area contributed by atoms with Crippen LogP contribution < -0.4 is 5.32 Å². The Bertz CT molecular complexity index is 506. The van der Waals surface area contributed by atoms with Crippen LogP contribution in [-0.4, -0.2) is 47.5 Å². The summed E-state index contributed by atoms with van der Waals surface area (Å²) in [6, 6.07) is 3.73. The minimum Gasteiger partial charge on any atom is -0.383 e. The molecule has 0 bridgehead atoms. The van der Waals surface area contributed by atoms with Crippen molar-refractivity contribution in [3.05, 3.63) is 30.1 Å². The van der Waals surface area contributed by atoms with Crippen molar-refractivity contribution in [2.75, 3.05) is 20.3 Å². The molecule has 0 spiro atoms. The van der Waals surface area contributed by atoms with Crippen LogP contribution in [0.1, 0.15) is 25.3 Å². The first-order valence-electron chi connectivity index (χ1n) is 7.04. The Kier molecular flexibility index (Phi) is 4.90. The minimum atomic E-state index is -0.805. The van der Waals surface area contributed by atoms with Crippen molar-refractivity contribution >= 4 is 11.8 Å². The monoisotopic (exact) mass is 291 g/mol. The van der Waals surface area contributed by atoms with Gasteiger partial charge in [0.05, 0.1) is 6.61 Å². The summed E-state index contributed by atoms with van der Waals surface area (Å²) in [4.78, 5) is 30.2. The van der Waals surface area contributed by atoms with Gasteiger partial charge in [0.1, 0.15) is 5.54 Å². The van der Waals surface area contributed by atoms with Gasteiger partial charge in [0.2, 0.25) is 11.8 Å². The highest BCUT2D eigenvalue weighted by Gasteiger charge is 2.46. The maximum absolute atomic E-state index is 12.4. The number of nitrogens with zero attached hydrogens (tertiary/aromatic N) is 2. The Morgan fingerprint density at radius 3 is 3.05 bits per heavy atom. The third-order valence-electron chi connectivity index (χ3n) is 3.87. The Morgan fingerprint density at radius 2 is 2.38 bits per heavy atom. The van der Waals surface area contributed by atoms with Gasteiger partial charge in [0, 0.05) is 39.0 Å². The molecule has 0 saturated carbocycles. The molecule has 1 atom stereocenters. The van der Waals surface area contributed by atoms with Crippen LogP contribution >= 0.6 is 0 Å². The lowest BCUT2D eigenvalue weighted by Crippen LogP contribution is -2.54.